The molecule has 1 fully saturated rings. The average Bonchev–Trinajstić information content (AvgIpc) is 2.76. The third-order valence-corrected chi connectivity index (χ3v) is 3.81. The number of imide groups is 1. The van der Waals surface area contributed by atoms with Crippen LogP contribution in [0.1, 0.15) is 19.8 Å². The molecule has 2 aromatic carbocycles. The van der Waals surface area contributed by atoms with Crippen molar-refractivity contribution in [3.05, 3.63) is 42.5 Å². The van der Waals surface area contributed by atoms with E-state index in [2.05, 4.69) is 5.32 Å². The van der Waals surface area contributed by atoms with Crippen LogP contribution in [0, 0.1) is 0 Å². The molecular weight excluding hydrogens is 264 g/mol. The van der Waals surface area contributed by atoms with Crippen molar-refractivity contribution in [1.82, 2.24) is 4.90 Å². The summed E-state index contributed by atoms with van der Waals surface area (Å²) in [6.45, 7) is 2.47. The van der Waals surface area contributed by atoms with Crippen LogP contribution in [0.15, 0.2) is 42.5 Å². The summed E-state index contributed by atoms with van der Waals surface area (Å²) in [4.78, 5) is 25.6. The van der Waals surface area contributed by atoms with Crippen molar-refractivity contribution in [1.29, 1.82) is 0 Å². The van der Waals surface area contributed by atoms with Crippen molar-refractivity contribution in [2.75, 3.05) is 11.9 Å². The highest BCUT2D eigenvalue weighted by Gasteiger charge is 2.37. The van der Waals surface area contributed by atoms with E-state index in [0.717, 1.165) is 22.9 Å². The van der Waals surface area contributed by atoms with Gasteiger partial charge >= 0.3 is 0 Å². The van der Waals surface area contributed by atoms with Gasteiger partial charge in [0.2, 0.25) is 5.91 Å². The SMILES string of the molecule is CCCN1C(=O)CC(Nc2cccc3ccccc23)C1=O. The molecule has 1 atom stereocenters. The van der Waals surface area contributed by atoms with Crippen LogP contribution in [-0.4, -0.2) is 29.3 Å². The molecule has 0 spiro atoms. The van der Waals surface area contributed by atoms with E-state index in [1.165, 1.54) is 4.90 Å². The lowest BCUT2D eigenvalue weighted by atomic mass is 10.1. The summed E-state index contributed by atoms with van der Waals surface area (Å²) in [7, 11) is 0. The summed E-state index contributed by atoms with van der Waals surface area (Å²) in [6.07, 6.45) is 1.03. The predicted molar refractivity (Wildman–Crippen MR) is 83.0 cm³/mol. The molecule has 1 aliphatic rings. The molecular formula is C17H18N2O2. The van der Waals surface area contributed by atoms with Gasteiger partial charge in [-0.3, -0.25) is 14.5 Å². The molecule has 2 amide bonds. The Morgan fingerprint density at radius 3 is 2.71 bits per heavy atom. The van der Waals surface area contributed by atoms with Gasteiger partial charge in [0.1, 0.15) is 6.04 Å². The van der Waals surface area contributed by atoms with Gasteiger partial charge in [-0.25, -0.2) is 0 Å². The monoisotopic (exact) mass is 282 g/mol. The molecule has 1 N–H and O–H groups in total. The molecule has 3 rings (SSSR count). The summed E-state index contributed by atoms with van der Waals surface area (Å²) in [6, 6.07) is 13.5. The fraction of sp³-hybridized carbons (Fsp3) is 0.294. The molecule has 0 saturated carbocycles. The summed E-state index contributed by atoms with van der Waals surface area (Å²) >= 11 is 0. The molecule has 108 valence electrons. The van der Waals surface area contributed by atoms with Crippen molar-refractivity contribution in [2.24, 2.45) is 0 Å². The van der Waals surface area contributed by atoms with Gasteiger partial charge < -0.3 is 5.32 Å². The van der Waals surface area contributed by atoms with E-state index in [-0.39, 0.29) is 18.2 Å². The number of hydrogen-bond acceptors (Lipinski definition) is 3. The minimum absolute atomic E-state index is 0.0837. The van der Waals surface area contributed by atoms with Gasteiger partial charge in [0, 0.05) is 17.6 Å². The first-order chi connectivity index (χ1) is 10.2. The Labute approximate surface area is 123 Å². The number of nitrogens with zero attached hydrogens (tertiary/aromatic N) is 1. The van der Waals surface area contributed by atoms with Crippen molar-refractivity contribution in [3.63, 3.8) is 0 Å². The van der Waals surface area contributed by atoms with Crippen LogP contribution in [0.2, 0.25) is 0 Å². The molecule has 4 heteroatoms. The molecule has 0 radical (unpaired) electrons. The standard InChI is InChI=1S/C17H18N2O2/c1-2-10-19-16(20)11-15(17(19)21)18-14-9-5-7-12-6-3-4-8-13(12)14/h3-9,15,18H,2,10-11H2,1H3. The Bertz CT molecular complexity index is 691. The van der Waals surface area contributed by atoms with Crippen LogP contribution < -0.4 is 5.32 Å². The Hall–Kier alpha value is -2.36. The van der Waals surface area contributed by atoms with E-state index >= 15 is 0 Å². The molecule has 0 aliphatic carbocycles. The number of amides is 2. The van der Waals surface area contributed by atoms with Crippen LogP contribution in [0.5, 0.6) is 0 Å². The highest BCUT2D eigenvalue weighted by atomic mass is 16.2. The zero-order chi connectivity index (χ0) is 14.8. The molecule has 1 saturated heterocycles. The zero-order valence-corrected chi connectivity index (χ0v) is 12.0. The topological polar surface area (TPSA) is 49.4 Å². The van der Waals surface area contributed by atoms with Crippen molar-refractivity contribution >= 4 is 28.3 Å². The highest BCUT2D eigenvalue weighted by Crippen LogP contribution is 2.26. The Morgan fingerprint density at radius 2 is 1.90 bits per heavy atom. The molecule has 2 aromatic rings. The molecule has 0 bridgehead atoms. The number of carbonyl (C=O) groups is 2. The maximum atomic E-state index is 12.3. The van der Waals surface area contributed by atoms with Crippen LogP contribution in [0.4, 0.5) is 5.69 Å². The Balaban J connectivity index is 1.86. The van der Waals surface area contributed by atoms with Crippen molar-refractivity contribution < 1.29 is 9.59 Å². The quantitative estimate of drug-likeness (QED) is 0.877. The van der Waals surface area contributed by atoms with Gasteiger partial charge in [0.05, 0.1) is 6.42 Å². The van der Waals surface area contributed by atoms with Gasteiger partial charge in [0.15, 0.2) is 0 Å². The second-order valence-corrected chi connectivity index (χ2v) is 5.31. The molecule has 1 heterocycles. The fourth-order valence-electron chi connectivity index (χ4n) is 2.79. The second kappa shape index (κ2) is 5.56. The van der Waals surface area contributed by atoms with E-state index in [4.69, 9.17) is 0 Å². The maximum absolute atomic E-state index is 12.3. The molecule has 4 nitrogen and oxygen atoms in total. The lowest BCUT2D eigenvalue weighted by Crippen LogP contribution is -2.35. The van der Waals surface area contributed by atoms with Gasteiger partial charge in [0.25, 0.3) is 5.91 Å². The van der Waals surface area contributed by atoms with Crippen molar-refractivity contribution in [2.45, 2.75) is 25.8 Å². The number of carbonyl (C=O) groups excluding carboxylic acids is 2. The van der Waals surface area contributed by atoms with Crippen LogP contribution >= 0.6 is 0 Å². The average molecular weight is 282 g/mol. The van der Waals surface area contributed by atoms with E-state index in [1.54, 1.807) is 0 Å². The summed E-state index contributed by atoms with van der Waals surface area (Å²) < 4.78 is 0. The van der Waals surface area contributed by atoms with E-state index in [9.17, 15) is 9.59 Å². The van der Waals surface area contributed by atoms with Crippen LogP contribution in [0.3, 0.4) is 0 Å². The molecule has 1 aliphatic heterocycles. The number of fused-ring (bicyclic) bond motifs is 1. The largest absolute Gasteiger partial charge is 0.373 e. The normalized spacial score (nSPS) is 18.5. The van der Waals surface area contributed by atoms with E-state index in [0.29, 0.717) is 6.54 Å². The van der Waals surface area contributed by atoms with E-state index in [1.807, 2.05) is 49.4 Å². The van der Waals surface area contributed by atoms with E-state index < -0.39 is 6.04 Å². The minimum Gasteiger partial charge on any atom is -0.373 e. The van der Waals surface area contributed by atoms with Gasteiger partial charge in [-0.2, -0.15) is 0 Å². The first kappa shape index (κ1) is 13.6. The predicted octanol–water partition coefficient (Wildman–Crippen LogP) is 2.79. The third-order valence-electron chi connectivity index (χ3n) is 3.81. The summed E-state index contributed by atoms with van der Waals surface area (Å²) in [5.41, 5.74) is 0.901. The van der Waals surface area contributed by atoms with Gasteiger partial charge in [-0.1, -0.05) is 43.3 Å². The number of hydrogen-bond donors (Lipinski definition) is 1. The van der Waals surface area contributed by atoms with Gasteiger partial charge in [-0.15, -0.1) is 0 Å². The smallest absolute Gasteiger partial charge is 0.252 e. The lowest BCUT2D eigenvalue weighted by molar-refractivity contribution is -0.138. The number of nitrogens with one attached hydrogen (secondary N) is 1. The number of benzene rings is 2. The summed E-state index contributed by atoms with van der Waals surface area (Å²) in [5, 5.41) is 5.42. The Kier molecular flexibility index (Phi) is 3.60. The third kappa shape index (κ3) is 2.49. The first-order valence-corrected chi connectivity index (χ1v) is 7.29. The van der Waals surface area contributed by atoms with Gasteiger partial charge in [-0.05, 0) is 17.9 Å². The summed E-state index contributed by atoms with van der Waals surface area (Å²) in [5.74, 6) is -0.200. The maximum Gasteiger partial charge on any atom is 0.252 e. The number of rotatable bonds is 4. The first-order valence-electron chi connectivity index (χ1n) is 7.29. The number of anilines is 1. The van der Waals surface area contributed by atoms with Crippen LogP contribution in [0.25, 0.3) is 10.8 Å². The van der Waals surface area contributed by atoms with Crippen LogP contribution in [-0.2, 0) is 9.59 Å². The molecule has 0 aromatic heterocycles. The second-order valence-electron chi connectivity index (χ2n) is 5.31. The highest BCUT2D eigenvalue weighted by molar-refractivity contribution is 6.07. The minimum atomic E-state index is -0.449. The number of likely N-dealkylation sites (tertiary alicyclic amines) is 1. The Morgan fingerprint density at radius 1 is 1.14 bits per heavy atom. The molecule has 1 unspecified atom stereocenters. The fourth-order valence-corrected chi connectivity index (χ4v) is 2.79. The zero-order valence-electron chi connectivity index (χ0n) is 12.0. The van der Waals surface area contributed by atoms with Crippen molar-refractivity contribution in [3.8, 4) is 0 Å². The molecule has 21 heavy (non-hydrogen) atoms. The lowest BCUT2D eigenvalue weighted by Gasteiger charge is -2.16.